The van der Waals surface area contributed by atoms with Crippen molar-refractivity contribution in [2.24, 2.45) is 0 Å². The number of rotatable bonds is 23. The predicted molar refractivity (Wildman–Crippen MR) is 145 cm³/mol. The van der Waals surface area contributed by atoms with E-state index in [1.54, 1.807) is 6.92 Å². The SMILES string of the molecule is CC(=O)CCCCCCCCCCCCCCCCCCCC[C@@H](C)O[C@@H]1O[C@@H](C)[C@H](O)C[C@H]1O. The maximum absolute atomic E-state index is 10.9. The fraction of sp³-hybridized carbons (Fsp3) is 0.967. The van der Waals surface area contributed by atoms with Gasteiger partial charge in [0.05, 0.1) is 18.3 Å². The maximum atomic E-state index is 10.9. The smallest absolute Gasteiger partial charge is 0.184 e. The average Bonchev–Trinajstić information content (AvgIpc) is 2.81. The molecule has 0 amide bonds. The van der Waals surface area contributed by atoms with Crippen LogP contribution in [0.15, 0.2) is 0 Å². The van der Waals surface area contributed by atoms with Crippen molar-refractivity contribution in [1.82, 2.24) is 0 Å². The Bertz CT molecular complexity index is 497. The van der Waals surface area contributed by atoms with Gasteiger partial charge in [0.25, 0.3) is 0 Å². The number of aliphatic hydroxyl groups excluding tert-OH is 2. The topological polar surface area (TPSA) is 76.0 Å². The normalized spacial score (nSPS) is 23.5. The van der Waals surface area contributed by atoms with E-state index in [-0.39, 0.29) is 12.2 Å². The molecule has 208 valence electrons. The monoisotopic (exact) mass is 498 g/mol. The highest BCUT2D eigenvalue weighted by Crippen LogP contribution is 2.23. The van der Waals surface area contributed by atoms with Crippen molar-refractivity contribution in [2.75, 3.05) is 0 Å². The summed E-state index contributed by atoms with van der Waals surface area (Å²) in [6.45, 7) is 5.56. The Morgan fingerprint density at radius 2 is 1.14 bits per heavy atom. The Morgan fingerprint density at radius 1 is 0.743 bits per heavy atom. The number of hydrogen-bond acceptors (Lipinski definition) is 5. The van der Waals surface area contributed by atoms with E-state index < -0.39 is 18.5 Å². The molecule has 0 spiro atoms. The summed E-state index contributed by atoms with van der Waals surface area (Å²) in [7, 11) is 0. The lowest BCUT2D eigenvalue weighted by Gasteiger charge is -2.36. The number of carbonyl (C=O) groups excluding carboxylic acids is 1. The molecule has 0 saturated carbocycles. The summed E-state index contributed by atoms with van der Waals surface area (Å²) in [5.74, 6) is 0.333. The molecule has 5 atom stereocenters. The molecular formula is C30H58O5. The summed E-state index contributed by atoms with van der Waals surface area (Å²) in [6.07, 6.45) is 23.8. The van der Waals surface area contributed by atoms with Crippen LogP contribution in [0.1, 0.15) is 156 Å². The summed E-state index contributed by atoms with van der Waals surface area (Å²) in [6, 6.07) is 0. The van der Waals surface area contributed by atoms with Gasteiger partial charge in [0.15, 0.2) is 6.29 Å². The molecule has 1 saturated heterocycles. The number of ether oxygens (including phenoxy) is 2. The third kappa shape index (κ3) is 18.4. The Balaban J connectivity index is 1.77. The molecule has 0 unspecified atom stereocenters. The number of carbonyl (C=O) groups is 1. The molecule has 1 fully saturated rings. The van der Waals surface area contributed by atoms with Crippen molar-refractivity contribution < 1.29 is 24.5 Å². The Morgan fingerprint density at radius 3 is 1.57 bits per heavy atom. The zero-order valence-electron chi connectivity index (χ0n) is 23.4. The second-order valence-corrected chi connectivity index (χ2v) is 11.1. The van der Waals surface area contributed by atoms with E-state index in [2.05, 4.69) is 0 Å². The fourth-order valence-electron chi connectivity index (χ4n) is 5.00. The molecule has 0 aromatic rings. The van der Waals surface area contributed by atoms with Crippen LogP contribution in [0.2, 0.25) is 0 Å². The molecule has 35 heavy (non-hydrogen) atoms. The zero-order valence-corrected chi connectivity index (χ0v) is 23.4. The van der Waals surface area contributed by atoms with Crippen molar-refractivity contribution in [2.45, 2.75) is 186 Å². The first-order chi connectivity index (χ1) is 16.9. The summed E-state index contributed by atoms with van der Waals surface area (Å²) >= 11 is 0. The first-order valence-corrected chi connectivity index (χ1v) is 15.1. The molecule has 0 aromatic carbocycles. The van der Waals surface area contributed by atoms with E-state index in [0.29, 0.717) is 12.2 Å². The molecule has 0 aliphatic carbocycles. The first kappa shape index (κ1) is 32.5. The van der Waals surface area contributed by atoms with Crippen LogP contribution < -0.4 is 0 Å². The molecule has 1 rings (SSSR count). The van der Waals surface area contributed by atoms with E-state index in [9.17, 15) is 15.0 Å². The average molecular weight is 499 g/mol. The number of hydrogen-bond donors (Lipinski definition) is 2. The largest absolute Gasteiger partial charge is 0.390 e. The molecule has 0 radical (unpaired) electrons. The van der Waals surface area contributed by atoms with Gasteiger partial charge in [-0.3, -0.25) is 0 Å². The van der Waals surface area contributed by atoms with E-state index in [4.69, 9.17) is 9.47 Å². The fourth-order valence-corrected chi connectivity index (χ4v) is 5.00. The summed E-state index contributed by atoms with van der Waals surface area (Å²) in [5, 5.41) is 19.8. The third-order valence-electron chi connectivity index (χ3n) is 7.44. The van der Waals surface area contributed by atoms with Gasteiger partial charge >= 0.3 is 0 Å². The molecule has 1 aliphatic rings. The minimum absolute atomic E-state index is 0.0701. The minimum atomic E-state index is -0.741. The van der Waals surface area contributed by atoms with Crippen LogP contribution in [0.25, 0.3) is 0 Å². The van der Waals surface area contributed by atoms with Crippen LogP contribution >= 0.6 is 0 Å². The molecule has 5 heteroatoms. The molecule has 5 nitrogen and oxygen atoms in total. The van der Waals surface area contributed by atoms with Crippen molar-refractivity contribution in [3.8, 4) is 0 Å². The second kappa shape index (κ2) is 21.6. The standard InChI is InChI=1S/C30H58O5/c1-25(31)22-20-18-16-14-12-10-8-6-4-5-7-9-11-13-15-17-19-21-23-26(2)34-30-29(33)24-28(32)27(3)35-30/h26-30,32-33H,4-24H2,1-3H3/t26-,27+,28-,29-,30-/m1/s1. The van der Waals surface area contributed by atoms with Gasteiger partial charge in [0.2, 0.25) is 0 Å². The van der Waals surface area contributed by atoms with Crippen LogP contribution in [0, 0.1) is 0 Å². The molecule has 0 aromatic heterocycles. The summed E-state index contributed by atoms with van der Waals surface area (Å²) in [4.78, 5) is 10.9. The molecular weight excluding hydrogens is 440 g/mol. The molecule has 0 bridgehead atoms. The summed E-state index contributed by atoms with van der Waals surface area (Å²) < 4.78 is 11.5. The first-order valence-electron chi connectivity index (χ1n) is 15.1. The van der Waals surface area contributed by atoms with Crippen LogP contribution in [-0.4, -0.2) is 46.7 Å². The van der Waals surface area contributed by atoms with Gasteiger partial charge in [-0.05, 0) is 33.6 Å². The van der Waals surface area contributed by atoms with E-state index in [0.717, 1.165) is 25.7 Å². The minimum Gasteiger partial charge on any atom is -0.390 e. The Labute approximate surface area is 216 Å². The van der Waals surface area contributed by atoms with Crippen LogP contribution in [0.5, 0.6) is 0 Å². The highest BCUT2D eigenvalue weighted by Gasteiger charge is 2.35. The molecule has 2 N–H and O–H groups in total. The third-order valence-corrected chi connectivity index (χ3v) is 7.44. The summed E-state index contributed by atoms with van der Waals surface area (Å²) in [5.41, 5.74) is 0. The maximum Gasteiger partial charge on any atom is 0.184 e. The van der Waals surface area contributed by atoms with Gasteiger partial charge < -0.3 is 24.5 Å². The Hall–Kier alpha value is -0.490. The van der Waals surface area contributed by atoms with Crippen LogP contribution in [-0.2, 0) is 14.3 Å². The van der Waals surface area contributed by atoms with Crippen molar-refractivity contribution in [3.05, 3.63) is 0 Å². The van der Waals surface area contributed by atoms with Crippen LogP contribution in [0.4, 0.5) is 0 Å². The van der Waals surface area contributed by atoms with E-state index >= 15 is 0 Å². The number of unbranched alkanes of at least 4 members (excludes halogenated alkanes) is 17. The number of Topliss-reactive ketones (excluding diaryl/α,β-unsaturated/α-hetero) is 1. The van der Waals surface area contributed by atoms with E-state index in [1.807, 2.05) is 13.8 Å². The number of aliphatic hydroxyl groups is 2. The zero-order chi connectivity index (χ0) is 25.7. The predicted octanol–water partition coefficient (Wildman–Crippen LogP) is 7.64. The van der Waals surface area contributed by atoms with E-state index in [1.165, 1.54) is 103 Å². The highest BCUT2D eigenvalue weighted by atomic mass is 16.7. The quantitative estimate of drug-likeness (QED) is 0.142. The van der Waals surface area contributed by atoms with Gasteiger partial charge in [-0.1, -0.05) is 109 Å². The highest BCUT2D eigenvalue weighted by molar-refractivity contribution is 5.75. The van der Waals surface area contributed by atoms with Gasteiger partial charge in [0.1, 0.15) is 11.9 Å². The molecule has 1 aliphatic heterocycles. The van der Waals surface area contributed by atoms with Crippen molar-refractivity contribution in [3.63, 3.8) is 0 Å². The second-order valence-electron chi connectivity index (χ2n) is 11.1. The van der Waals surface area contributed by atoms with Gasteiger partial charge in [-0.2, -0.15) is 0 Å². The van der Waals surface area contributed by atoms with Crippen LogP contribution in [0.3, 0.4) is 0 Å². The molecule has 1 heterocycles. The van der Waals surface area contributed by atoms with Gasteiger partial charge in [0, 0.05) is 12.8 Å². The van der Waals surface area contributed by atoms with Gasteiger partial charge in [-0.25, -0.2) is 0 Å². The lowest BCUT2D eigenvalue weighted by atomic mass is 10.0. The van der Waals surface area contributed by atoms with Crippen molar-refractivity contribution in [1.29, 1.82) is 0 Å². The van der Waals surface area contributed by atoms with Gasteiger partial charge in [-0.15, -0.1) is 0 Å². The van der Waals surface area contributed by atoms with Crippen molar-refractivity contribution >= 4 is 5.78 Å². The lowest BCUT2D eigenvalue weighted by Crippen LogP contribution is -2.48. The number of ketones is 1. The lowest BCUT2D eigenvalue weighted by molar-refractivity contribution is -0.273. The Kier molecular flexibility index (Phi) is 20.1.